The van der Waals surface area contributed by atoms with Gasteiger partial charge in [0.25, 0.3) is 0 Å². The summed E-state index contributed by atoms with van der Waals surface area (Å²) >= 11 is 0. The van der Waals surface area contributed by atoms with Crippen molar-refractivity contribution >= 4 is 6.21 Å². The molecule has 0 radical (unpaired) electrons. The van der Waals surface area contributed by atoms with Crippen LogP contribution in [0.4, 0.5) is 0 Å². The first kappa shape index (κ1) is 23.1. The van der Waals surface area contributed by atoms with Gasteiger partial charge in [-0.05, 0) is 6.42 Å². The largest absolute Gasteiger partial charge is 0.265 e. The van der Waals surface area contributed by atoms with E-state index in [2.05, 4.69) is 31.7 Å². The van der Waals surface area contributed by atoms with Crippen molar-refractivity contribution in [2.45, 2.75) is 41.0 Å². The molecule has 0 amide bonds. The predicted molar refractivity (Wildman–Crippen MR) is 72.1 cm³/mol. The zero-order valence-electron chi connectivity index (χ0n) is 10.6. The highest BCUT2D eigenvalue weighted by molar-refractivity contribution is 5.70. The second-order valence-corrected chi connectivity index (χ2v) is 1.41. The van der Waals surface area contributed by atoms with Gasteiger partial charge in [0.05, 0.1) is 0 Å². The molecular formula is C13H27N. The predicted octanol–water partition coefficient (Wildman–Crippen LogP) is 5.02. The minimum absolute atomic E-state index is 1.08. The molecule has 0 fully saturated rings. The molecule has 14 heavy (non-hydrogen) atoms. The van der Waals surface area contributed by atoms with Crippen LogP contribution in [0, 0.1) is 0 Å². The van der Waals surface area contributed by atoms with Crippen molar-refractivity contribution in [2.75, 3.05) is 0 Å². The molecule has 0 bridgehead atoms. The van der Waals surface area contributed by atoms with Gasteiger partial charge < -0.3 is 0 Å². The van der Waals surface area contributed by atoms with Gasteiger partial charge in [0.2, 0.25) is 0 Å². The van der Waals surface area contributed by atoms with Gasteiger partial charge in [0.15, 0.2) is 0 Å². The van der Waals surface area contributed by atoms with Crippen LogP contribution >= 0.6 is 0 Å². The number of hydrogen-bond acceptors (Lipinski definition) is 1. The quantitative estimate of drug-likeness (QED) is 0.445. The lowest BCUT2D eigenvalue weighted by Gasteiger charge is -1.62. The lowest BCUT2D eigenvalue weighted by molar-refractivity contribution is 1.23. The monoisotopic (exact) mass is 197 g/mol. The Bertz CT molecular complexity index is 102. The third kappa shape index (κ3) is 128. The maximum atomic E-state index is 3.61. The molecule has 0 spiro atoms. The molecule has 0 aromatic carbocycles. The lowest BCUT2D eigenvalue weighted by atomic mass is 10.5. The molecule has 0 atom stereocenters. The summed E-state index contributed by atoms with van der Waals surface area (Å²) in [6.07, 6.45) is 7.59. The normalized spacial score (nSPS) is 6.36. The van der Waals surface area contributed by atoms with E-state index in [1.54, 1.807) is 12.3 Å². The first-order valence-corrected chi connectivity index (χ1v) is 5.19. The van der Waals surface area contributed by atoms with E-state index in [9.17, 15) is 0 Å². The van der Waals surface area contributed by atoms with Crippen LogP contribution in [0.15, 0.2) is 43.1 Å². The molecule has 84 valence electrons. The van der Waals surface area contributed by atoms with Crippen LogP contribution < -0.4 is 0 Å². The molecule has 0 rings (SSSR count). The molecule has 1 nitrogen and oxygen atoms in total. The summed E-state index contributed by atoms with van der Waals surface area (Å²) in [6.45, 7) is 20.3. The summed E-state index contributed by atoms with van der Waals surface area (Å²) in [5, 5.41) is 0. The molecule has 0 heterocycles. The first-order valence-electron chi connectivity index (χ1n) is 5.19. The minimum atomic E-state index is 1.08. The van der Waals surface area contributed by atoms with Gasteiger partial charge >= 0.3 is 0 Å². The van der Waals surface area contributed by atoms with E-state index in [0.29, 0.717) is 0 Å². The molecule has 0 aliphatic carbocycles. The van der Waals surface area contributed by atoms with Crippen LogP contribution in [0.3, 0.4) is 0 Å². The first-order chi connectivity index (χ1) is 6.83. The van der Waals surface area contributed by atoms with Crippen LogP contribution in [0.2, 0.25) is 0 Å². The Morgan fingerprint density at radius 2 is 1.36 bits per heavy atom. The molecule has 0 aliphatic rings. The van der Waals surface area contributed by atoms with Crippen molar-refractivity contribution in [3.8, 4) is 0 Å². The van der Waals surface area contributed by atoms with Crippen molar-refractivity contribution in [1.29, 1.82) is 0 Å². The minimum Gasteiger partial charge on any atom is -0.265 e. The average molecular weight is 197 g/mol. The molecule has 0 aromatic heterocycles. The number of hydrogen-bond donors (Lipinski definition) is 0. The SMILES string of the molecule is C=CC=NC=C.C=CCC.CC.CC. The standard InChI is InChI=1S/C5H7N.C4H8.2C2H6/c1-3-5-6-4-2;1-3-4-2;2*1-2/h3-5H,1-2H2;3H,1,4H2,2H3;2*1-2H3. The van der Waals surface area contributed by atoms with Crippen LogP contribution in [0.25, 0.3) is 0 Å². The summed E-state index contributed by atoms with van der Waals surface area (Å²) in [5.41, 5.74) is 0. The number of nitrogens with zero attached hydrogens (tertiary/aromatic N) is 1. The summed E-state index contributed by atoms with van der Waals surface area (Å²) in [6, 6.07) is 0. The Labute approximate surface area is 91.0 Å². The fourth-order valence-electron chi connectivity index (χ4n) is 0.122. The fourth-order valence-corrected chi connectivity index (χ4v) is 0.122. The maximum Gasteiger partial charge on any atom is 0.0261 e. The Morgan fingerprint density at radius 3 is 1.43 bits per heavy atom. The third-order valence-corrected chi connectivity index (χ3v) is 0.586. The maximum absolute atomic E-state index is 3.61. The van der Waals surface area contributed by atoms with Crippen molar-refractivity contribution in [1.82, 2.24) is 0 Å². The summed E-state index contributed by atoms with van der Waals surface area (Å²) in [4.78, 5) is 3.61. The average Bonchev–Trinajstić information content (AvgIpc) is 2.32. The van der Waals surface area contributed by atoms with Gasteiger partial charge in [-0.2, -0.15) is 0 Å². The molecule has 0 saturated carbocycles. The van der Waals surface area contributed by atoms with E-state index in [0.717, 1.165) is 6.42 Å². The summed E-state index contributed by atoms with van der Waals surface area (Å²) < 4.78 is 0. The van der Waals surface area contributed by atoms with Gasteiger partial charge in [0, 0.05) is 12.4 Å². The van der Waals surface area contributed by atoms with E-state index in [-0.39, 0.29) is 0 Å². The van der Waals surface area contributed by atoms with E-state index < -0.39 is 0 Å². The summed E-state index contributed by atoms with van der Waals surface area (Å²) in [7, 11) is 0. The van der Waals surface area contributed by atoms with E-state index in [1.807, 2.05) is 33.8 Å². The number of rotatable bonds is 3. The van der Waals surface area contributed by atoms with Gasteiger partial charge in [0.1, 0.15) is 0 Å². The summed E-state index contributed by atoms with van der Waals surface area (Å²) in [5.74, 6) is 0. The van der Waals surface area contributed by atoms with E-state index in [1.165, 1.54) is 6.20 Å². The van der Waals surface area contributed by atoms with E-state index in [4.69, 9.17) is 0 Å². The fraction of sp³-hybridized carbons (Fsp3) is 0.462. The van der Waals surface area contributed by atoms with Crippen LogP contribution in [0.1, 0.15) is 41.0 Å². The van der Waals surface area contributed by atoms with Crippen molar-refractivity contribution < 1.29 is 0 Å². The zero-order chi connectivity index (χ0) is 12.2. The van der Waals surface area contributed by atoms with Gasteiger partial charge in [-0.15, -0.1) is 6.58 Å². The van der Waals surface area contributed by atoms with Crippen molar-refractivity contribution in [3.63, 3.8) is 0 Å². The van der Waals surface area contributed by atoms with Crippen molar-refractivity contribution in [3.05, 3.63) is 38.1 Å². The smallest absolute Gasteiger partial charge is 0.0261 e. The van der Waals surface area contributed by atoms with Gasteiger partial charge in [-0.3, -0.25) is 4.99 Å². The lowest BCUT2D eigenvalue weighted by Crippen LogP contribution is -1.52. The Balaban J connectivity index is -0.0000000546. The highest BCUT2D eigenvalue weighted by Crippen LogP contribution is 1.66. The molecule has 0 aromatic rings. The molecule has 0 saturated heterocycles. The molecule has 0 N–H and O–H groups in total. The number of aliphatic imine (C=N–C) groups is 1. The molecule has 0 unspecified atom stereocenters. The molecule has 0 aliphatic heterocycles. The Hall–Kier alpha value is -1.11. The molecular weight excluding hydrogens is 170 g/mol. The second kappa shape index (κ2) is 59.0. The Morgan fingerprint density at radius 1 is 1.00 bits per heavy atom. The Kier molecular flexibility index (Phi) is 97.1. The highest BCUT2D eigenvalue weighted by Gasteiger charge is 1.47. The highest BCUT2D eigenvalue weighted by atomic mass is 14.6. The van der Waals surface area contributed by atoms with Crippen LogP contribution in [0.5, 0.6) is 0 Å². The van der Waals surface area contributed by atoms with Gasteiger partial charge in [-0.25, -0.2) is 0 Å². The second-order valence-electron chi connectivity index (χ2n) is 1.41. The van der Waals surface area contributed by atoms with Crippen molar-refractivity contribution in [2.24, 2.45) is 4.99 Å². The van der Waals surface area contributed by atoms with Crippen LogP contribution in [-0.4, -0.2) is 6.21 Å². The topological polar surface area (TPSA) is 12.4 Å². The molecule has 1 heteroatoms. The zero-order valence-corrected chi connectivity index (χ0v) is 10.6. The van der Waals surface area contributed by atoms with E-state index >= 15 is 0 Å². The van der Waals surface area contributed by atoms with Crippen LogP contribution in [-0.2, 0) is 0 Å². The third-order valence-electron chi connectivity index (χ3n) is 0.586. The number of allylic oxidation sites excluding steroid dienone is 2. The van der Waals surface area contributed by atoms with Gasteiger partial charge in [-0.1, -0.05) is 59.9 Å².